The Labute approximate surface area is 168 Å². The van der Waals surface area contributed by atoms with E-state index in [0.29, 0.717) is 5.92 Å². The SMILES string of the molecule is CCOCCn1c(C2CCN(CCc3ccccc3)CC2)nc2ccccc21. The summed E-state index contributed by atoms with van der Waals surface area (Å²) in [6, 6.07) is 19.3. The van der Waals surface area contributed by atoms with Crippen LogP contribution in [0.1, 0.15) is 37.1 Å². The van der Waals surface area contributed by atoms with Crippen LogP contribution in [-0.4, -0.2) is 47.3 Å². The fraction of sp³-hybridized carbons (Fsp3) is 0.458. The number of hydrogen-bond acceptors (Lipinski definition) is 3. The van der Waals surface area contributed by atoms with Gasteiger partial charge in [-0.05, 0) is 57.0 Å². The van der Waals surface area contributed by atoms with E-state index in [2.05, 4.69) is 71.0 Å². The Morgan fingerprint density at radius 1 is 0.964 bits per heavy atom. The molecule has 0 aliphatic carbocycles. The molecule has 1 aliphatic heterocycles. The van der Waals surface area contributed by atoms with Crippen molar-refractivity contribution in [2.45, 2.75) is 38.6 Å². The third kappa shape index (κ3) is 4.45. The van der Waals surface area contributed by atoms with Gasteiger partial charge in [0.15, 0.2) is 0 Å². The number of fused-ring (bicyclic) bond motifs is 1. The summed E-state index contributed by atoms with van der Waals surface area (Å²) in [6.07, 6.45) is 3.51. The molecule has 3 aromatic rings. The van der Waals surface area contributed by atoms with Gasteiger partial charge < -0.3 is 14.2 Å². The molecular weight excluding hydrogens is 346 g/mol. The van der Waals surface area contributed by atoms with Crippen molar-refractivity contribution in [1.29, 1.82) is 0 Å². The smallest absolute Gasteiger partial charge is 0.113 e. The normalized spacial score (nSPS) is 16.0. The van der Waals surface area contributed by atoms with Crippen LogP contribution in [0.5, 0.6) is 0 Å². The first kappa shape index (κ1) is 19.2. The molecule has 2 heterocycles. The number of piperidine rings is 1. The van der Waals surface area contributed by atoms with Gasteiger partial charge in [0.05, 0.1) is 17.6 Å². The van der Waals surface area contributed by atoms with Crippen LogP contribution in [0.4, 0.5) is 0 Å². The van der Waals surface area contributed by atoms with E-state index in [1.54, 1.807) is 0 Å². The second-order valence-corrected chi connectivity index (χ2v) is 7.66. The predicted molar refractivity (Wildman–Crippen MR) is 115 cm³/mol. The number of nitrogens with zero attached hydrogens (tertiary/aromatic N) is 3. The molecule has 28 heavy (non-hydrogen) atoms. The van der Waals surface area contributed by atoms with E-state index in [9.17, 15) is 0 Å². The van der Waals surface area contributed by atoms with Gasteiger partial charge in [0, 0.05) is 25.6 Å². The lowest BCUT2D eigenvalue weighted by molar-refractivity contribution is 0.138. The van der Waals surface area contributed by atoms with Gasteiger partial charge in [0.2, 0.25) is 0 Å². The molecule has 1 fully saturated rings. The summed E-state index contributed by atoms with van der Waals surface area (Å²) < 4.78 is 8.03. The van der Waals surface area contributed by atoms with Crippen molar-refractivity contribution >= 4 is 11.0 Å². The minimum absolute atomic E-state index is 0.544. The van der Waals surface area contributed by atoms with Crippen LogP contribution in [-0.2, 0) is 17.7 Å². The van der Waals surface area contributed by atoms with Crippen molar-refractivity contribution in [3.05, 3.63) is 66.0 Å². The van der Waals surface area contributed by atoms with Gasteiger partial charge >= 0.3 is 0 Å². The molecule has 2 aromatic carbocycles. The standard InChI is InChI=1S/C24H31N3O/c1-2-28-19-18-27-23-11-7-6-10-22(23)25-24(27)21-13-16-26(17-14-21)15-12-20-8-4-3-5-9-20/h3-11,21H,2,12-19H2,1H3. The number of rotatable bonds is 8. The minimum atomic E-state index is 0.544. The molecule has 0 unspecified atom stereocenters. The Balaban J connectivity index is 1.41. The van der Waals surface area contributed by atoms with Gasteiger partial charge in [-0.1, -0.05) is 42.5 Å². The first-order valence-corrected chi connectivity index (χ1v) is 10.6. The molecule has 0 N–H and O–H groups in total. The lowest BCUT2D eigenvalue weighted by Gasteiger charge is -2.32. The zero-order chi connectivity index (χ0) is 19.2. The van der Waals surface area contributed by atoms with Crippen molar-refractivity contribution in [3.8, 4) is 0 Å². The molecule has 0 bridgehead atoms. The van der Waals surface area contributed by atoms with Gasteiger partial charge in [0.1, 0.15) is 5.82 Å². The highest BCUT2D eigenvalue weighted by molar-refractivity contribution is 5.76. The van der Waals surface area contributed by atoms with Gasteiger partial charge in [-0.15, -0.1) is 0 Å². The van der Waals surface area contributed by atoms with Crippen LogP contribution in [0.2, 0.25) is 0 Å². The number of para-hydroxylation sites is 2. The Bertz CT molecular complexity index is 866. The average molecular weight is 378 g/mol. The van der Waals surface area contributed by atoms with Crippen molar-refractivity contribution in [2.75, 3.05) is 32.8 Å². The summed E-state index contributed by atoms with van der Waals surface area (Å²) in [5, 5.41) is 0. The lowest BCUT2D eigenvalue weighted by atomic mass is 9.95. The van der Waals surface area contributed by atoms with E-state index < -0.39 is 0 Å². The molecule has 0 radical (unpaired) electrons. The zero-order valence-electron chi connectivity index (χ0n) is 16.9. The Hall–Kier alpha value is -2.17. The van der Waals surface area contributed by atoms with Crippen molar-refractivity contribution in [1.82, 2.24) is 14.5 Å². The quantitative estimate of drug-likeness (QED) is 0.542. The van der Waals surface area contributed by atoms with Crippen LogP contribution in [0.25, 0.3) is 11.0 Å². The van der Waals surface area contributed by atoms with Crippen molar-refractivity contribution < 1.29 is 4.74 Å². The number of ether oxygens (including phenoxy) is 1. The van der Waals surface area contributed by atoms with Crippen LogP contribution < -0.4 is 0 Å². The van der Waals surface area contributed by atoms with Crippen LogP contribution in [0, 0.1) is 0 Å². The molecule has 148 valence electrons. The van der Waals surface area contributed by atoms with Gasteiger partial charge in [-0.3, -0.25) is 0 Å². The topological polar surface area (TPSA) is 30.3 Å². The van der Waals surface area contributed by atoms with E-state index in [-0.39, 0.29) is 0 Å². The van der Waals surface area contributed by atoms with Gasteiger partial charge in [-0.2, -0.15) is 0 Å². The second kappa shape index (κ2) is 9.35. The molecule has 1 saturated heterocycles. The second-order valence-electron chi connectivity index (χ2n) is 7.66. The number of imidazole rings is 1. The maximum atomic E-state index is 5.63. The number of likely N-dealkylation sites (tertiary alicyclic amines) is 1. The van der Waals surface area contributed by atoms with Crippen LogP contribution >= 0.6 is 0 Å². The number of hydrogen-bond donors (Lipinski definition) is 0. The third-order valence-electron chi connectivity index (χ3n) is 5.86. The molecule has 4 nitrogen and oxygen atoms in total. The monoisotopic (exact) mass is 377 g/mol. The van der Waals surface area contributed by atoms with Gasteiger partial charge in [0.25, 0.3) is 0 Å². The molecule has 1 aromatic heterocycles. The van der Waals surface area contributed by atoms with Crippen LogP contribution in [0.3, 0.4) is 0 Å². The summed E-state index contributed by atoms with van der Waals surface area (Å²) >= 11 is 0. The Morgan fingerprint density at radius 2 is 1.71 bits per heavy atom. The maximum Gasteiger partial charge on any atom is 0.113 e. The fourth-order valence-electron chi connectivity index (χ4n) is 4.29. The molecule has 0 amide bonds. The molecular formula is C24H31N3O. The Morgan fingerprint density at radius 3 is 2.50 bits per heavy atom. The highest BCUT2D eigenvalue weighted by atomic mass is 16.5. The van der Waals surface area contributed by atoms with E-state index in [0.717, 1.165) is 51.3 Å². The maximum absolute atomic E-state index is 5.63. The fourth-order valence-corrected chi connectivity index (χ4v) is 4.29. The summed E-state index contributed by atoms with van der Waals surface area (Å²) in [4.78, 5) is 7.63. The minimum Gasteiger partial charge on any atom is -0.380 e. The summed E-state index contributed by atoms with van der Waals surface area (Å²) in [5.74, 6) is 1.80. The molecule has 4 heteroatoms. The molecule has 0 saturated carbocycles. The molecule has 4 rings (SSSR count). The summed E-state index contributed by atoms with van der Waals surface area (Å²) in [5.41, 5.74) is 3.78. The summed E-state index contributed by atoms with van der Waals surface area (Å²) in [6.45, 7) is 7.92. The summed E-state index contributed by atoms with van der Waals surface area (Å²) in [7, 11) is 0. The Kier molecular flexibility index (Phi) is 6.40. The highest BCUT2D eigenvalue weighted by Crippen LogP contribution is 2.30. The average Bonchev–Trinajstić information content (AvgIpc) is 3.12. The predicted octanol–water partition coefficient (Wildman–Crippen LogP) is 4.49. The van der Waals surface area contributed by atoms with Crippen LogP contribution in [0.15, 0.2) is 54.6 Å². The molecule has 1 aliphatic rings. The third-order valence-corrected chi connectivity index (χ3v) is 5.86. The largest absolute Gasteiger partial charge is 0.380 e. The van der Waals surface area contributed by atoms with E-state index in [1.807, 2.05) is 0 Å². The first-order chi connectivity index (χ1) is 13.8. The van der Waals surface area contributed by atoms with E-state index in [4.69, 9.17) is 9.72 Å². The molecule has 0 spiro atoms. The van der Waals surface area contributed by atoms with Gasteiger partial charge in [-0.25, -0.2) is 4.98 Å². The van der Waals surface area contributed by atoms with Crippen molar-refractivity contribution in [2.24, 2.45) is 0 Å². The number of benzene rings is 2. The number of aromatic nitrogens is 2. The first-order valence-electron chi connectivity index (χ1n) is 10.6. The highest BCUT2D eigenvalue weighted by Gasteiger charge is 2.25. The lowest BCUT2D eigenvalue weighted by Crippen LogP contribution is -2.35. The van der Waals surface area contributed by atoms with Crippen molar-refractivity contribution in [3.63, 3.8) is 0 Å². The zero-order valence-corrected chi connectivity index (χ0v) is 16.9. The van der Waals surface area contributed by atoms with E-state index >= 15 is 0 Å². The van der Waals surface area contributed by atoms with E-state index in [1.165, 1.54) is 29.7 Å². The molecule has 0 atom stereocenters.